The predicted molar refractivity (Wildman–Crippen MR) is 141 cm³/mol. The zero-order chi connectivity index (χ0) is 24.4. The number of likely N-dealkylation sites (N-methyl/N-ethyl adjacent to an activating group) is 1. The van der Waals surface area contributed by atoms with Crippen LogP contribution in [-0.4, -0.2) is 41.6 Å². The van der Waals surface area contributed by atoms with Crippen molar-refractivity contribution < 1.29 is 9.90 Å². The Labute approximate surface area is 208 Å². The molecular formula is C30H35N3O2. The van der Waals surface area contributed by atoms with Gasteiger partial charge in [-0.05, 0) is 91.2 Å². The maximum Gasteiger partial charge on any atom is 0.336 e. The molecule has 0 unspecified atom stereocenters. The fourth-order valence-electron chi connectivity index (χ4n) is 5.57. The van der Waals surface area contributed by atoms with Gasteiger partial charge in [-0.25, -0.2) is 4.79 Å². The van der Waals surface area contributed by atoms with Crippen LogP contribution in [0.4, 0.5) is 11.4 Å². The van der Waals surface area contributed by atoms with Gasteiger partial charge in [-0.1, -0.05) is 37.5 Å². The summed E-state index contributed by atoms with van der Waals surface area (Å²) in [6, 6.07) is 17.8. The fourth-order valence-corrected chi connectivity index (χ4v) is 5.57. The van der Waals surface area contributed by atoms with Gasteiger partial charge in [0, 0.05) is 43.4 Å². The van der Waals surface area contributed by atoms with E-state index in [-0.39, 0.29) is 6.04 Å². The van der Waals surface area contributed by atoms with Crippen LogP contribution >= 0.6 is 0 Å². The highest BCUT2D eigenvalue weighted by Crippen LogP contribution is 2.36. The van der Waals surface area contributed by atoms with E-state index in [4.69, 9.17) is 0 Å². The first-order chi connectivity index (χ1) is 17.0. The van der Waals surface area contributed by atoms with E-state index in [1.807, 2.05) is 0 Å². The zero-order valence-electron chi connectivity index (χ0n) is 20.8. The van der Waals surface area contributed by atoms with Crippen LogP contribution in [0.2, 0.25) is 0 Å². The number of hydrogen-bond donors (Lipinski definition) is 1. The Morgan fingerprint density at radius 1 is 1.11 bits per heavy atom. The van der Waals surface area contributed by atoms with Gasteiger partial charge >= 0.3 is 5.97 Å². The Bertz CT molecular complexity index is 1190. The smallest absolute Gasteiger partial charge is 0.336 e. The minimum Gasteiger partial charge on any atom is -0.478 e. The summed E-state index contributed by atoms with van der Waals surface area (Å²) in [5.74, 6) is 0.00252. The number of benzene rings is 2. The third-order valence-electron chi connectivity index (χ3n) is 8.03. The van der Waals surface area contributed by atoms with E-state index in [2.05, 4.69) is 71.3 Å². The van der Waals surface area contributed by atoms with E-state index in [1.54, 1.807) is 18.5 Å². The molecule has 0 spiro atoms. The van der Waals surface area contributed by atoms with Gasteiger partial charge < -0.3 is 10.0 Å². The molecule has 0 radical (unpaired) electrons. The zero-order valence-corrected chi connectivity index (χ0v) is 20.8. The molecular weight excluding hydrogens is 434 g/mol. The number of rotatable bonds is 8. The predicted octanol–water partition coefficient (Wildman–Crippen LogP) is 6.05. The first-order valence-electron chi connectivity index (χ1n) is 12.8. The van der Waals surface area contributed by atoms with Crippen LogP contribution in [0.1, 0.15) is 64.3 Å². The van der Waals surface area contributed by atoms with Gasteiger partial charge in [0.15, 0.2) is 0 Å². The van der Waals surface area contributed by atoms with Gasteiger partial charge in [-0.3, -0.25) is 9.88 Å². The number of fused-ring (bicyclic) bond motifs is 1. The van der Waals surface area contributed by atoms with Crippen LogP contribution in [0.3, 0.4) is 0 Å². The van der Waals surface area contributed by atoms with Crippen molar-refractivity contribution in [2.24, 2.45) is 5.92 Å². The molecule has 1 saturated carbocycles. The third-order valence-corrected chi connectivity index (χ3v) is 8.03. The van der Waals surface area contributed by atoms with Crippen LogP contribution in [0.15, 0.2) is 60.9 Å². The average molecular weight is 470 g/mol. The molecule has 1 aliphatic heterocycles. The molecule has 1 fully saturated rings. The van der Waals surface area contributed by atoms with Crippen LogP contribution in [0.25, 0.3) is 0 Å². The molecule has 35 heavy (non-hydrogen) atoms. The molecule has 1 aromatic heterocycles. The first kappa shape index (κ1) is 23.6. The molecule has 3 aromatic rings. The monoisotopic (exact) mass is 469 g/mol. The summed E-state index contributed by atoms with van der Waals surface area (Å²) >= 11 is 0. The lowest BCUT2D eigenvalue weighted by molar-refractivity contribution is 0.0695. The Morgan fingerprint density at radius 3 is 2.60 bits per heavy atom. The van der Waals surface area contributed by atoms with Crippen molar-refractivity contribution in [3.05, 3.63) is 88.7 Å². The lowest BCUT2D eigenvalue weighted by atomic mass is 9.81. The standard InChI is InChI=1S/C30H35N3O2/c1-32-17-15-23-19-26(33(2)25-9-6-22(7-10-25)18-21-4-3-5-21)11-12-27(23)29(32)13-8-24-20-31-16-14-28(24)30(34)35/h6-7,9-12,14,16,19-21,29H,3-5,8,13,15,17-18H2,1-2H3,(H,34,35)/t29-/m1/s1. The number of carboxylic acids is 1. The molecule has 0 amide bonds. The second kappa shape index (κ2) is 10.2. The molecule has 5 nitrogen and oxygen atoms in total. The molecule has 2 aliphatic rings. The quantitative estimate of drug-likeness (QED) is 0.435. The van der Waals surface area contributed by atoms with E-state index in [9.17, 15) is 9.90 Å². The third kappa shape index (κ3) is 5.10. The molecule has 1 aliphatic carbocycles. The Balaban J connectivity index is 1.31. The van der Waals surface area contributed by atoms with Crippen molar-refractivity contribution in [2.75, 3.05) is 25.5 Å². The minimum atomic E-state index is -0.886. The molecule has 0 saturated heterocycles. The van der Waals surface area contributed by atoms with Gasteiger partial charge in [0.2, 0.25) is 0 Å². The number of carboxylic acid groups (broad SMARTS) is 1. The Morgan fingerprint density at radius 2 is 1.89 bits per heavy atom. The van der Waals surface area contributed by atoms with Crippen LogP contribution in [0.5, 0.6) is 0 Å². The number of nitrogens with zero attached hydrogens (tertiary/aromatic N) is 3. The average Bonchev–Trinajstić information content (AvgIpc) is 2.85. The second-order valence-corrected chi connectivity index (χ2v) is 10.2. The van der Waals surface area contributed by atoms with Crippen molar-refractivity contribution >= 4 is 17.3 Å². The van der Waals surface area contributed by atoms with Gasteiger partial charge in [-0.15, -0.1) is 0 Å². The van der Waals surface area contributed by atoms with Crippen LogP contribution < -0.4 is 4.90 Å². The summed E-state index contributed by atoms with van der Waals surface area (Å²) < 4.78 is 0. The summed E-state index contributed by atoms with van der Waals surface area (Å²) in [5, 5.41) is 9.51. The van der Waals surface area contributed by atoms with E-state index < -0.39 is 5.97 Å². The molecule has 0 bridgehead atoms. The highest BCUT2D eigenvalue weighted by molar-refractivity contribution is 5.89. The van der Waals surface area contributed by atoms with Gasteiger partial charge in [0.25, 0.3) is 0 Å². The SMILES string of the molecule is CN(c1ccc(CC2CCC2)cc1)c1ccc2c(c1)CCN(C)[C@@H]2CCc1cnccc1C(=O)O. The van der Waals surface area contributed by atoms with Crippen molar-refractivity contribution in [1.29, 1.82) is 0 Å². The summed E-state index contributed by atoms with van der Waals surface area (Å²) in [6.07, 6.45) is 11.2. The van der Waals surface area contributed by atoms with Crippen molar-refractivity contribution in [3.63, 3.8) is 0 Å². The minimum absolute atomic E-state index is 0.269. The Kier molecular flexibility index (Phi) is 6.87. The van der Waals surface area contributed by atoms with Gasteiger partial charge in [0.1, 0.15) is 0 Å². The van der Waals surface area contributed by atoms with Gasteiger partial charge in [0.05, 0.1) is 5.56 Å². The van der Waals surface area contributed by atoms with E-state index >= 15 is 0 Å². The summed E-state index contributed by atoms with van der Waals surface area (Å²) in [4.78, 5) is 20.4. The number of hydrogen-bond acceptors (Lipinski definition) is 4. The number of aromatic nitrogens is 1. The van der Waals surface area contributed by atoms with Crippen molar-refractivity contribution in [2.45, 2.75) is 51.0 Å². The summed E-state index contributed by atoms with van der Waals surface area (Å²) in [7, 11) is 4.31. The van der Waals surface area contributed by atoms with Crippen molar-refractivity contribution in [3.8, 4) is 0 Å². The molecule has 2 aromatic carbocycles. The van der Waals surface area contributed by atoms with E-state index in [0.717, 1.165) is 30.9 Å². The molecule has 182 valence electrons. The topological polar surface area (TPSA) is 56.7 Å². The molecule has 1 N–H and O–H groups in total. The second-order valence-electron chi connectivity index (χ2n) is 10.2. The van der Waals surface area contributed by atoms with Gasteiger partial charge in [-0.2, -0.15) is 0 Å². The van der Waals surface area contributed by atoms with Crippen LogP contribution in [0, 0.1) is 5.92 Å². The highest BCUT2D eigenvalue weighted by atomic mass is 16.4. The van der Waals surface area contributed by atoms with E-state index in [1.165, 1.54) is 53.7 Å². The maximum absolute atomic E-state index is 11.6. The van der Waals surface area contributed by atoms with E-state index in [0.29, 0.717) is 12.0 Å². The highest BCUT2D eigenvalue weighted by Gasteiger charge is 2.26. The molecule has 5 rings (SSSR count). The number of anilines is 2. The molecule has 1 atom stereocenters. The fraction of sp³-hybridized carbons (Fsp3) is 0.400. The molecule has 5 heteroatoms. The number of pyridine rings is 1. The normalized spacial score (nSPS) is 18.1. The maximum atomic E-state index is 11.6. The lowest BCUT2D eigenvalue weighted by Crippen LogP contribution is -2.32. The number of aryl methyl sites for hydroxylation is 1. The van der Waals surface area contributed by atoms with Crippen LogP contribution in [-0.2, 0) is 19.3 Å². The Hall–Kier alpha value is -3.18. The first-order valence-corrected chi connectivity index (χ1v) is 12.8. The summed E-state index contributed by atoms with van der Waals surface area (Å²) in [5.41, 5.74) is 7.77. The summed E-state index contributed by atoms with van der Waals surface area (Å²) in [6.45, 7) is 1.000. The number of carbonyl (C=O) groups is 1. The lowest BCUT2D eigenvalue weighted by Gasteiger charge is -2.35. The number of aromatic carboxylic acids is 1. The molecule has 2 heterocycles. The largest absolute Gasteiger partial charge is 0.478 e. The van der Waals surface area contributed by atoms with Crippen molar-refractivity contribution in [1.82, 2.24) is 9.88 Å².